The molecule has 21 heavy (non-hydrogen) atoms. The topological polar surface area (TPSA) is 96.9 Å². The van der Waals surface area contributed by atoms with Gasteiger partial charge in [0.2, 0.25) is 10.0 Å². The van der Waals surface area contributed by atoms with Gasteiger partial charge in [-0.3, -0.25) is 4.72 Å². The third-order valence-corrected chi connectivity index (χ3v) is 3.86. The Morgan fingerprint density at radius 2 is 2.05 bits per heavy atom. The smallest absolute Gasteiger partial charge is 0.235 e. The molecule has 0 aliphatic heterocycles. The SMILES string of the molecule is Cc1nc(Cl)cc(NCCS(=O)(=O)Nc2ccccn2)n1. The number of nitrogens with zero attached hydrogens (tertiary/aromatic N) is 3. The number of halogens is 1. The van der Waals surface area contributed by atoms with Gasteiger partial charge in [-0.1, -0.05) is 17.7 Å². The number of aromatic nitrogens is 3. The van der Waals surface area contributed by atoms with Crippen LogP contribution in [0.15, 0.2) is 30.5 Å². The van der Waals surface area contributed by atoms with E-state index >= 15 is 0 Å². The normalized spacial score (nSPS) is 11.1. The van der Waals surface area contributed by atoms with E-state index in [0.29, 0.717) is 22.6 Å². The van der Waals surface area contributed by atoms with Crippen molar-refractivity contribution < 1.29 is 8.42 Å². The van der Waals surface area contributed by atoms with Gasteiger partial charge in [-0.05, 0) is 19.1 Å². The Kier molecular flexibility index (Phi) is 4.92. The zero-order chi connectivity index (χ0) is 15.3. The molecular weight excluding hydrogens is 314 g/mol. The molecule has 0 unspecified atom stereocenters. The Hall–Kier alpha value is -1.93. The van der Waals surface area contributed by atoms with Crippen LogP contribution in [-0.2, 0) is 10.0 Å². The van der Waals surface area contributed by atoms with Crippen molar-refractivity contribution in [1.82, 2.24) is 15.0 Å². The largest absolute Gasteiger partial charge is 0.369 e. The van der Waals surface area contributed by atoms with Crippen molar-refractivity contribution in [1.29, 1.82) is 0 Å². The van der Waals surface area contributed by atoms with Crippen LogP contribution in [0.5, 0.6) is 0 Å². The number of anilines is 2. The molecule has 0 fully saturated rings. The highest BCUT2D eigenvalue weighted by molar-refractivity contribution is 7.92. The Bertz CT molecular complexity index is 689. The molecule has 2 aromatic rings. The molecule has 0 amide bonds. The van der Waals surface area contributed by atoms with Gasteiger partial charge >= 0.3 is 0 Å². The van der Waals surface area contributed by atoms with E-state index in [1.807, 2.05) is 0 Å². The lowest BCUT2D eigenvalue weighted by molar-refractivity contribution is 0.601. The van der Waals surface area contributed by atoms with Crippen LogP contribution in [0.25, 0.3) is 0 Å². The monoisotopic (exact) mass is 327 g/mol. The lowest BCUT2D eigenvalue weighted by Gasteiger charge is -2.09. The van der Waals surface area contributed by atoms with Crippen molar-refractivity contribution in [3.63, 3.8) is 0 Å². The van der Waals surface area contributed by atoms with Crippen LogP contribution in [0.1, 0.15) is 5.82 Å². The van der Waals surface area contributed by atoms with Gasteiger partial charge in [-0.15, -0.1) is 0 Å². The van der Waals surface area contributed by atoms with Crippen LogP contribution in [0.2, 0.25) is 5.15 Å². The molecular formula is C12H14ClN5O2S. The maximum Gasteiger partial charge on any atom is 0.235 e. The molecule has 112 valence electrons. The van der Waals surface area contributed by atoms with Crippen LogP contribution in [-0.4, -0.2) is 35.7 Å². The highest BCUT2D eigenvalue weighted by Crippen LogP contribution is 2.11. The maximum absolute atomic E-state index is 11.9. The first-order chi connectivity index (χ1) is 9.94. The number of pyridine rings is 1. The number of sulfonamides is 1. The fourth-order valence-corrected chi connectivity index (χ4v) is 2.71. The molecule has 2 heterocycles. The predicted molar refractivity (Wildman–Crippen MR) is 81.9 cm³/mol. The molecule has 0 saturated carbocycles. The molecule has 0 atom stereocenters. The molecule has 0 spiro atoms. The van der Waals surface area contributed by atoms with Crippen LogP contribution in [0.4, 0.5) is 11.6 Å². The summed E-state index contributed by atoms with van der Waals surface area (Å²) < 4.78 is 26.1. The van der Waals surface area contributed by atoms with Crippen LogP contribution in [0.3, 0.4) is 0 Å². The second-order valence-corrected chi connectivity index (χ2v) is 6.41. The number of hydrogen-bond acceptors (Lipinski definition) is 6. The van der Waals surface area contributed by atoms with E-state index in [9.17, 15) is 8.42 Å². The first kappa shape index (κ1) is 15.5. The summed E-state index contributed by atoms with van der Waals surface area (Å²) in [4.78, 5) is 11.9. The van der Waals surface area contributed by atoms with Crippen molar-refractivity contribution >= 4 is 33.3 Å². The van der Waals surface area contributed by atoms with E-state index in [1.54, 1.807) is 25.1 Å². The fourth-order valence-electron chi connectivity index (χ4n) is 1.57. The van der Waals surface area contributed by atoms with E-state index in [2.05, 4.69) is 25.0 Å². The molecule has 0 aromatic carbocycles. The number of nitrogens with one attached hydrogen (secondary N) is 2. The molecule has 9 heteroatoms. The van der Waals surface area contributed by atoms with Gasteiger partial charge in [-0.2, -0.15) is 0 Å². The summed E-state index contributed by atoms with van der Waals surface area (Å²) in [6.45, 7) is 1.89. The number of aryl methyl sites for hydroxylation is 1. The minimum absolute atomic E-state index is 0.121. The first-order valence-corrected chi connectivity index (χ1v) is 8.14. The van der Waals surface area contributed by atoms with Gasteiger partial charge in [0.15, 0.2) is 0 Å². The Balaban J connectivity index is 1.90. The highest BCUT2D eigenvalue weighted by Gasteiger charge is 2.11. The quantitative estimate of drug-likeness (QED) is 0.784. The van der Waals surface area contributed by atoms with Crippen LogP contribution >= 0.6 is 11.6 Å². The minimum atomic E-state index is -3.48. The summed E-state index contributed by atoms with van der Waals surface area (Å²) in [5, 5.41) is 3.20. The molecule has 2 N–H and O–H groups in total. The molecule has 0 saturated heterocycles. The highest BCUT2D eigenvalue weighted by atomic mass is 35.5. The molecule has 0 aliphatic rings. The van der Waals surface area contributed by atoms with Crippen LogP contribution in [0, 0.1) is 6.92 Å². The van der Waals surface area contributed by atoms with Crippen molar-refractivity contribution in [2.75, 3.05) is 22.3 Å². The summed E-state index contributed by atoms with van der Waals surface area (Å²) in [7, 11) is -3.48. The lowest BCUT2D eigenvalue weighted by atomic mass is 10.5. The Morgan fingerprint density at radius 3 is 2.71 bits per heavy atom. The predicted octanol–water partition coefficient (Wildman–Crippen LogP) is 1.69. The summed E-state index contributed by atoms with van der Waals surface area (Å²) >= 11 is 5.80. The lowest BCUT2D eigenvalue weighted by Crippen LogP contribution is -2.23. The van der Waals surface area contributed by atoms with Gasteiger partial charge in [-0.25, -0.2) is 23.4 Å². The van der Waals surface area contributed by atoms with E-state index in [1.165, 1.54) is 12.3 Å². The standard InChI is InChI=1S/C12H14ClN5O2S/c1-9-16-10(13)8-12(17-9)15-6-7-21(19,20)18-11-4-2-3-5-14-11/h2-5,8H,6-7H2,1H3,(H,14,18)(H,15,16,17). The van der Waals surface area contributed by atoms with Gasteiger partial charge in [0.05, 0.1) is 5.75 Å². The van der Waals surface area contributed by atoms with E-state index in [-0.39, 0.29) is 12.3 Å². The van der Waals surface area contributed by atoms with E-state index in [0.717, 1.165) is 0 Å². The molecule has 2 rings (SSSR count). The number of hydrogen-bond donors (Lipinski definition) is 2. The fraction of sp³-hybridized carbons (Fsp3) is 0.250. The van der Waals surface area contributed by atoms with Crippen molar-refractivity contribution in [3.05, 3.63) is 41.4 Å². The minimum Gasteiger partial charge on any atom is -0.369 e. The van der Waals surface area contributed by atoms with Gasteiger partial charge < -0.3 is 5.32 Å². The van der Waals surface area contributed by atoms with Gasteiger partial charge in [0.25, 0.3) is 0 Å². The molecule has 0 bridgehead atoms. The summed E-state index contributed by atoms with van der Waals surface area (Å²) in [5.41, 5.74) is 0. The molecule has 2 aromatic heterocycles. The first-order valence-electron chi connectivity index (χ1n) is 6.11. The average molecular weight is 328 g/mol. The summed E-state index contributed by atoms with van der Waals surface area (Å²) in [6.07, 6.45) is 1.52. The second kappa shape index (κ2) is 6.68. The van der Waals surface area contributed by atoms with Crippen molar-refractivity contribution in [2.24, 2.45) is 0 Å². The van der Waals surface area contributed by atoms with Gasteiger partial charge in [0.1, 0.15) is 22.6 Å². The second-order valence-electron chi connectivity index (χ2n) is 4.19. The summed E-state index contributed by atoms with van der Waals surface area (Å²) in [5.74, 6) is 1.17. The third-order valence-electron chi connectivity index (χ3n) is 2.41. The summed E-state index contributed by atoms with van der Waals surface area (Å²) in [6, 6.07) is 6.53. The molecule has 7 nitrogen and oxygen atoms in total. The third kappa shape index (κ3) is 5.16. The van der Waals surface area contributed by atoms with Crippen LogP contribution < -0.4 is 10.0 Å². The Morgan fingerprint density at radius 1 is 1.24 bits per heavy atom. The number of rotatable bonds is 6. The average Bonchev–Trinajstić information content (AvgIpc) is 2.37. The Labute approximate surface area is 127 Å². The molecule has 0 aliphatic carbocycles. The van der Waals surface area contributed by atoms with E-state index < -0.39 is 10.0 Å². The van der Waals surface area contributed by atoms with Gasteiger partial charge in [0, 0.05) is 18.8 Å². The zero-order valence-corrected chi connectivity index (χ0v) is 12.8. The van der Waals surface area contributed by atoms with Crippen molar-refractivity contribution in [2.45, 2.75) is 6.92 Å². The zero-order valence-electron chi connectivity index (χ0n) is 11.2. The van der Waals surface area contributed by atoms with E-state index in [4.69, 9.17) is 11.6 Å². The maximum atomic E-state index is 11.9. The van der Waals surface area contributed by atoms with Crippen molar-refractivity contribution in [3.8, 4) is 0 Å². The molecule has 0 radical (unpaired) electrons.